The van der Waals surface area contributed by atoms with Gasteiger partial charge in [0.1, 0.15) is 12.2 Å². The van der Waals surface area contributed by atoms with Gasteiger partial charge in [-0.3, -0.25) is 9.59 Å². The summed E-state index contributed by atoms with van der Waals surface area (Å²) in [7, 11) is 6.11. The zero-order valence-electron chi connectivity index (χ0n) is 19.2. The number of aromatic nitrogens is 1. The Kier molecular flexibility index (Phi) is 7.92. The van der Waals surface area contributed by atoms with E-state index in [-0.39, 0.29) is 6.42 Å². The van der Waals surface area contributed by atoms with Crippen LogP contribution in [-0.4, -0.2) is 55.8 Å². The average Bonchev–Trinajstić information content (AvgIpc) is 3.32. The lowest BCUT2D eigenvalue weighted by atomic mass is 10.0. The number of nitrogens with zero attached hydrogens (tertiary/aromatic N) is 1. The topological polar surface area (TPSA) is 144 Å². The molecule has 1 aromatic heterocycles. The molecule has 0 bridgehead atoms. The van der Waals surface area contributed by atoms with Crippen molar-refractivity contribution >= 4 is 29.1 Å². The van der Waals surface area contributed by atoms with Gasteiger partial charge in [-0.2, -0.15) is 4.37 Å². The first-order valence-corrected chi connectivity index (χ1v) is 10.9. The second-order valence-corrected chi connectivity index (χ2v) is 7.82. The van der Waals surface area contributed by atoms with Gasteiger partial charge in [0.15, 0.2) is 17.5 Å². The molecule has 0 saturated carbocycles. The van der Waals surface area contributed by atoms with E-state index in [1.807, 2.05) is 23.6 Å². The van der Waals surface area contributed by atoms with Crippen LogP contribution in [0.15, 0.2) is 35.7 Å². The molecule has 180 valence electrons. The summed E-state index contributed by atoms with van der Waals surface area (Å²) < 4.78 is 26.3. The Bertz CT molecular complexity index is 1170. The highest BCUT2D eigenvalue weighted by Gasteiger charge is 2.23. The van der Waals surface area contributed by atoms with Crippen molar-refractivity contribution in [3.63, 3.8) is 0 Å². The predicted molar refractivity (Wildman–Crippen MR) is 127 cm³/mol. The van der Waals surface area contributed by atoms with Crippen LogP contribution in [0.1, 0.15) is 6.42 Å². The number of nitrogens with one attached hydrogen (secondary N) is 1. The van der Waals surface area contributed by atoms with Crippen LogP contribution in [-0.2, 0) is 9.59 Å². The molecule has 0 unspecified atom stereocenters. The number of quaternary nitrogens is 1. The van der Waals surface area contributed by atoms with Crippen LogP contribution in [0.25, 0.3) is 22.4 Å². The highest BCUT2D eigenvalue weighted by Crippen LogP contribution is 2.44. The number of hydrogen-bond acceptors (Lipinski definition) is 8. The van der Waals surface area contributed by atoms with Crippen molar-refractivity contribution < 1.29 is 39.4 Å². The molecule has 0 fully saturated rings. The molecule has 0 radical (unpaired) electrons. The lowest BCUT2D eigenvalue weighted by molar-refractivity contribution is -0.401. The average molecular weight is 489 g/mol. The fraction of sp³-hybridized carbons (Fsp3) is 0.261. The summed E-state index contributed by atoms with van der Waals surface area (Å²) in [5.74, 6) is 0.277. The van der Waals surface area contributed by atoms with E-state index in [0.29, 0.717) is 34.4 Å². The standard InChI is InChI=1S/C23H25N3O7S/c1-30-17-6-5-12(7-16(17)25-23(29)15(24)10-20(27)28)14-11-34-26-21(14)13-8-18(31-2)22(33-4)19(9-13)32-3/h5-9,11,15H,10,24H2,1-4H3,(H,25,29)(H,27,28)/p+1/t15-/m1/s1. The third-order valence-corrected chi connectivity index (χ3v) is 5.70. The van der Waals surface area contributed by atoms with Gasteiger partial charge in [0.25, 0.3) is 5.91 Å². The minimum atomic E-state index is -1.10. The van der Waals surface area contributed by atoms with E-state index in [4.69, 9.17) is 24.1 Å². The van der Waals surface area contributed by atoms with Gasteiger partial charge < -0.3 is 35.1 Å². The molecule has 34 heavy (non-hydrogen) atoms. The van der Waals surface area contributed by atoms with Gasteiger partial charge in [0.2, 0.25) is 5.75 Å². The largest absolute Gasteiger partial charge is 0.495 e. The molecule has 5 N–H and O–H groups in total. The number of carbonyl (C=O) groups excluding carboxylic acids is 1. The van der Waals surface area contributed by atoms with E-state index in [0.717, 1.165) is 16.7 Å². The molecule has 11 heteroatoms. The number of carbonyl (C=O) groups is 2. The maximum absolute atomic E-state index is 12.5. The number of rotatable bonds is 10. The first-order valence-electron chi connectivity index (χ1n) is 10.1. The van der Waals surface area contributed by atoms with Gasteiger partial charge in [0, 0.05) is 16.5 Å². The number of benzene rings is 2. The summed E-state index contributed by atoms with van der Waals surface area (Å²) in [6, 6.07) is 7.98. The minimum absolute atomic E-state index is 0.381. The van der Waals surface area contributed by atoms with Crippen molar-refractivity contribution in [3.05, 3.63) is 35.7 Å². The maximum atomic E-state index is 12.5. The molecule has 1 heterocycles. The number of carboxylic acid groups (broad SMARTS) is 1. The number of methoxy groups -OCH3 is 4. The molecule has 10 nitrogen and oxygen atoms in total. The van der Waals surface area contributed by atoms with Crippen LogP contribution in [0.5, 0.6) is 23.0 Å². The van der Waals surface area contributed by atoms with Gasteiger partial charge in [-0.25, -0.2) is 0 Å². The highest BCUT2D eigenvalue weighted by molar-refractivity contribution is 7.04. The van der Waals surface area contributed by atoms with Crippen molar-refractivity contribution in [2.45, 2.75) is 12.5 Å². The van der Waals surface area contributed by atoms with Crippen molar-refractivity contribution in [2.75, 3.05) is 33.8 Å². The number of hydrogen-bond donors (Lipinski definition) is 3. The number of carboxylic acids is 1. The molecule has 0 aliphatic rings. The van der Waals surface area contributed by atoms with E-state index in [1.54, 1.807) is 26.4 Å². The Balaban J connectivity index is 2.02. The molecule has 1 atom stereocenters. The van der Waals surface area contributed by atoms with Gasteiger partial charge >= 0.3 is 5.97 Å². The first kappa shape index (κ1) is 24.8. The summed E-state index contributed by atoms with van der Waals surface area (Å²) >= 11 is 1.28. The summed E-state index contributed by atoms with van der Waals surface area (Å²) in [5, 5.41) is 13.5. The second kappa shape index (κ2) is 10.9. The first-order chi connectivity index (χ1) is 16.3. The number of ether oxygens (including phenoxy) is 4. The zero-order valence-corrected chi connectivity index (χ0v) is 20.0. The van der Waals surface area contributed by atoms with E-state index in [2.05, 4.69) is 15.4 Å². The Hall–Kier alpha value is -3.83. The predicted octanol–water partition coefficient (Wildman–Crippen LogP) is 2.54. The van der Waals surface area contributed by atoms with Crippen LogP contribution in [0.4, 0.5) is 5.69 Å². The Morgan fingerprint density at radius 3 is 2.21 bits per heavy atom. The molecule has 1 amide bonds. The summed E-state index contributed by atoms with van der Waals surface area (Å²) in [5.41, 5.74) is 7.05. The van der Waals surface area contributed by atoms with E-state index >= 15 is 0 Å². The Morgan fingerprint density at radius 2 is 1.65 bits per heavy atom. The van der Waals surface area contributed by atoms with Gasteiger partial charge in [-0.05, 0) is 41.4 Å². The van der Waals surface area contributed by atoms with E-state index in [9.17, 15) is 9.59 Å². The lowest BCUT2D eigenvalue weighted by Gasteiger charge is -2.15. The third kappa shape index (κ3) is 5.21. The molecule has 0 spiro atoms. The van der Waals surface area contributed by atoms with Gasteiger partial charge in [-0.15, -0.1) is 0 Å². The van der Waals surface area contributed by atoms with Crippen molar-refractivity contribution in [1.29, 1.82) is 0 Å². The molecule has 3 aromatic rings. The van der Waals surface area contributed by atoms with E-state index in [1.165, 1.54) is 25.8 Å². The molecule has 0 aliphatic heterocycles. The van der Waals surface area contributed by atoms with Crippen LogP contribution in [0, 0.1) is 0 Å². The number of amides is 1. The van der Waals surface area contributed by atoms with E-state index < -0.39 is 17.9 Å². The molecule has 0 aliphatic carbocycles. The maximum Gasteiger partial charge on any atom is 0.309 e. The molecular weight excluding hydrogens is 462 g/mol. The number of aliphatic carboxylic acids is 1. The fourth-order valence-electron chi connectivity index (χ4n) is 3.38. The smallest absolute Gasteiger partial charge is 0.309 e. The van der Waals surface area contributed by atoms with Crippen molar-refractivity contribution in [1.82, 2.24) is 4.37 Å². The Morgan fingerprint density at radius 1 is 1.00 bits per heavy atom. The Labute approximate surface area is 200 Å². The molecule has 3 rings (SSSR count). The third-order valence-electron chi connectivity index (χ3n) is 5.07. The van der Waals surface area contributed by atoms with Crippen LogP contribution < -0.4 is 30.0 Å². The second-order valence-electron chi connectivity index (χ2n) is 7.19. The fourth-order valence-corrected chi connectivity index (χ4v) is 4.09. The summed E-state index contributed by atoms with van der Waals surface area (Å²) in [4.78, 5) is 23.4. The number of anilines is 1. The summed E-state index contributed by atoms with van der Waals surface area (Å²) in [6.07, 6.45) is -0.381. The van der Waals surface area contributed by atoms with Crippen molar-refractivity contribution in [2.24, 2.45) is 0 Å². The van der Waals surface area contributed by atoms with Gasteiger partial charge in [-0.1, -0.05) is 6.07 Å². The van der Waals surface area contributed by atoms with Gasteiger partial charge in [0.05, 0.1) is 39.8 Å². The van der Waals surface area contributed by atoms with Crippen LogP contribution in [0.3, 0.4) is 0 Å². The zero-order chi connectivity index (χ0) is 24.8. The normalized spacial score (nSPS) is 11.4. The monoisotopic (exact) mass is 488 g/mol. The minimum Gasteiger partial charge on any atom is -0.495 e. The van der Waals surface area contributed by atoms with Crippen molar-refractivity contribution in [3.8, 4) is 45.4 Å². The highest BCUT2D eigenvalue weighted by atomic mass is 32.1. The molecule has 2 aromatic carbocycles. The molecular formula is C23H26N3O7S+. The molecule has 0 saturated heterocycles. The van der Waals surface area contributed by atoms with Crippen LogP contribution >= 0.6 is 11.5 Å². The van der Waals surface area contributed by atoms with Crippen LogP contribution in [0.2, 0.25) is 0 Å². The quantitative estimate of drug-likeness (QED) is 0.395. The summed E-state index contributed by atoms with van der Waals surface area (Å²) in [6.45, 7) is 0. The lowest BCUT2D eigenvalue weighted by Crippen LogP contribution is -2.66. The SMILES string of the molecule is COc1ccc(-c2csnc2-c2cc(OC)c(OC)c(OC)c2)cc1NC(=O)[C@H]([NH3+])CC(=O)O.